The van der Waals surface area contributed by atoms with Crippen molar-refractivity contribution in [3.05, 3.63) is 36.6 Å². The summed E-state index contributed by atoms with van der Waals surface area (Å²) in [7, 11) is 0. The van der Waals surface area contributed by atoms with Crippen LogP contribution in [0, 0.1) is 0 Å². The molecule has 0 aliphatic carbocycles. The lowest BCUT2D eigenvalue weighted by Gasteiger charge is -2.01. The molecule has 0 atom stereocenters. The largest absolute Gasteiger partial charge is 0.434 e. The summed E-state index contributed by atoms with van der Waals surface area (Å²) >= 11 is 0. The third-order valence-corrected chi connectivity index (χ3v) is 5.90. The molecule has 2 nitrogen and oxygen atoms in total. The van der Waals surface area contributed by atoms with E-state index in [1.165, 1.54) is 109 Å². The van der Waals surface area contributed by atoms with Gasteiger partial charge in [0.25, 0.3) is 0 Å². The number of rotatable bonds is 24. The zero-order valence-corrected chi connectivity index (χ0v) is 21.6. The molecular weight excluding hydrogens is 392 g/mol. The Labute approximate surface area is 201 Å². The minimum absolute atomic E-state index is 0.105. The van der Waals surface area contributed by atoms with E-state index in [1.807, 2.05) is 12.2 Å². The number of hydrogen-bond donors (Lipinski definition) is 0. The van der Waals surface area contributed by atoms with E-state index in [-0.39, 0.29) is 5.97 Å². The molecule has 0 rings (SSSR count). The summed E-state index contributed by atoms with van der Waals surface area (Å²) in [6.07, 6.45) is 38.4. The highest BCUT2D eigenvalue weighted by molar-refractivity contribution is 5.69. The highest BCUT2D eigenvalue weighted by Gasteiger charge is 2.00. The number of ether oxygens (including phenoxy) is 1. The number of carbonyl (C=O) groups is 1. The summed E-state index contributed by atoms with van der Waals surface area (Å²) in [6.45, 7) is 4.45. The van der Waals surface area contributed by atoms with Crippen LogP contribution in [0.4, 0.5) is 0 Å². The van der Waals surface area contributed by atoms with Crippen molar-refractivity contribution in [2.24, 2.45) is 0 Å². The van der Waals surface area contributed by atoms with Crippen LogP contribution in [0.5, 0.6) is 0 Å². The van der Waals surface area contributed by atoms with E-state index in [4.69, 9.17) is 4.74 Å². The van der Waals surface area contributed by atoms with E-state index in [0.717, 1.165) is 25.7 Å². The molecule has 0 fully saturated rings. The second-order valence-corrected chi connectivity index (χ2v) is 9.11. The number of unbranched alkanes of at least 4 members (excludes halogenated alkanes) is 17. The quantitative estimate of drug-likeness (QED) is 0.0484. The Hall–Kier alpha value is -1.31. The fraction of sp³-hybridized carbons (Fsp3) is 0.767. The van der Waals surface area contributed by atoms with E-state index in [1.54, 1.807) is 0 Å². The molecule has 0 aliphatic rings. The Morgan fingerprint density at radius 2 is 1.06 bits per heavy atom. The van der Waals surface area contributed by atoms with Crippen LogP contribution in [0.1, 0.15) is 149 Å². The van der Waals surface area contributed by atoms with Crippen LogP contribution in [-0.2, 0) is 9.53 Å². The molecular formula is C30H54O2. The number of carbonyl (C=O) groups excluding carboxylic acids is 1. The molecule has 32 heavy (non-hydrogen) atoms. The molecule has 0 aromatic heterocycles. The SMILES string of the molecule is CC/C=C\CCCCCCCCCC(=O)O/C=C/C=C/CCCCCCCCCCCC. The van der Waals surface area contributed by atoms with Gasteiger partial charge in [0.1, 0.15) is 0 Å². The van der Waals surface area contributed by atoms with Crippen LogP contribution in [-0.4, -0.2) is 5.97 Å². The first-order valence-corrected chi connectivity index (χ1v) is 14.0. The second-order valence-electron chi connectivity index (χ2n) is 9.11. The molecule has 0 saturated heterocycles. The van der Waals surface area contributed by atoms with E-state index in [2.05, 4.69) is 32.1 Å². The Balaban J connectivity index is 3.33. The number of hydrogen-bond acceptors (Lipinski definition) is 2. The predicted octanol–water partition coefficient (Wildman–Crippen LogP) is 10.4. The number of allylic oxidation sites excluding steroid dienone is 5. The molecule has 186 valence electrons. The normalized spacial score (nSPS) is 11.9. The van der Waals surface area contributed by atoms with E-state index < -0.39 is 0 Å². The summed E-state index contributed by atoms with van der Waals surface area (Å²) in [5.74, 6) is -0.105. The van der Waals surface area contributed by atoms with Crippen LogP contribution >= 0.6 is 0 Å². The van der Waals surface area contributed by atoms with E-state index in [0.29, 0.717) is 6.42 Å². The lowest BCUT2D eigenvalue weighted by atomic mass is 10.1. The van der Waals surface area contributed by atoms with Crippen molar-refractivity contribution in [2.45, 2.75) is 149 Å². The molecule has 0 saturated carbocycles. The average molecular weight is 447 g/mol. The van der Waals surface area contributed by atoms with E-state index in [9.17, 15) is 4.79 Å². The van der Waals surface area contributed by atoms with Gasteiger partial charge in [-0.15, -0.1) is 0 Å². The van der Waals surface area contributed by atoms with Crippen molar-refractivity contribution in [1.82, 2.24) is 0 Å². The summed E-state index contributed by atoms with van der Waals surface area (Å²) < 4.78 is 5.16. The minimum Gasteiger partial charge on any atom is -0.434 e. The zero-order chi connectivity index (χ0) is 23.4. The first-order valence-electron chi connectivity index (χ1n) is 14.0. The smallest absolute Gasteiger partial charge is 0.310 e. The maximum atomic E-state index is 11.7. The predicted molar refractivity (Wildman–Crippen MR) is 142 cm³/mol. The van der Waals surface area contributed by atoms with Gasteiger partial charge in [-0.05, 0) is 44.6 Å². The summed E-state index contributed by atoms with van der Waals surface area (Å²) in [5.41, 5.74) is 0. The molecule has 0 spiro atoms. The lowest BCUT2D eigenvalue weighted by Crippen LogP contribution is -1.98. The molecule has 0 unspecified atom stereocenters. The average Bonchev–Trinajstić information content (AvgIpc) is 2.80. The maximum Gasteiger partial charge on any atom is 0.310 e. The van der Waals surface area contributed by atoms with E-state index >= 15 is 0 Å². The Bertz CT molecular complexity index is 461. The van der Waals surface area contributed by atoms with Gasteiger partial charge in [-0.25, -0.2) is 0 Å². The van der Waals surface area contributed by atoms with Crippen molar-refractivity contribution in [3.63, 3.8) is 0 Å². The third kappa shape index (κ3) is 26.7. The molecule has 0 aromatic rings. The lowest BCUT2D eigenvalue weighted by molar-refractivity contribution is -0.138. The second kappa shape index (κ2) is 27.7. The Morgan fingerprint density at radius 1 is 0.562 bits per heavy atom. The molecule has 0 N–H and O–H groups in total. The molecule has 0 aromatic carbocycles. The first kappa shape index (κ1) is 30.7. The summed E-state index contributed by atoms with van der Waals surface area (Å²) in [4.78, 5) is 11.7. The highest BCUT2D eigenvalue weighted by Crippen LogP contribution is 2.12. The van der Waals surface area contributed by atoms with Gasteiger partial charge in [0.2, 0.25) is 0 Å². The first-order chi connectivity index (χ1) is 15.8. The van der Waals surface area contributed by atoms with Gasteiger partial charge in [0, 0.05) is 6.42 Å². The molecule has 0 aliphatic heterocycles. The van der Waals surface area contributed by atoms with Gasteiger partial charge in [-0.1, -0.05) is 128 Å². The van der Waals surface area contributed by atoms with Gasteiger partial charge < -0.3 is 4.74 Å². The standard InChI is InChI=1S/C30H54O2/c1-3-5-7-9-11-13-15-16-17-19-21-23-25-27-29-32-30(31)28-26-24-22-20-18-14-12-10-8-6-4-2/h6,8,23,25,27,29H,3-5,7,9-22,24,26,28H2,1-2H3/b8-6-,25-23+,29-27+. The fourth-order valence-corrected chi connectivity index (χ4v) is 3.84. The monoisotopic (exact) mass is 446 g/mol. The molecule has 0 radical (unpaired) electrons. The van der Waals surface area contributed by atoms with Crippen molar-refractivity contribution < 1.29 is 9.53 Å². The topological polar surface area (TPSA) is 26.3 Å². The molecule has 0 heterocycles. The van der Waals surface area contributed by atoms with Crippen LogP contribution in [0.2, 0.25) is 0 Å². The van der Waals surface area contributed by atoms with Crippen molar-refractivity contribution in [1.29, 1.82) is 0 Å². The van der Waals surface area contributed by atoms with Crippen LogP contribution < -0.4 is 0 Å². The summed E-state index contributed by atoms with van der Waals surface area (Å²) in [6, 6.07) is 0. The fourth-order valence-electron chi connectivity index (χ4n) is 3.84. The van der Waals surface area contributed by atoms with Crippen molar-refractivity contribution >= 4 is 5.97 Å². The third-order valence-electron chi connectivity index (χ3n) is 5.90. The molecule has 2 heteroatoms. The highest BCUT2D eigenvalue weighted by atomic mass is 16.5. The Morgan fingerprint density at radius 3 is 1.62 bits per heavy atom. The molecule has 0 bridgehead atoms. The van der Waals surface area contributed by atoms with Gasteiger partial charge in [-0.3, -0.25) is 4.79 Å². The van der Waals surface area contributed by atoms with Crippen molar-refractivity contribution in [2.75, 3.05) is 0 Å². The van der Waals surface area contributed by atoms with Gasteiger partial charge in [0.15, 0.2) is 0 Å². The van der Waals surface area contributed by atoms with Crippen LogP contribution in [0.15, 0.2) is 36.6 Å². The van der Waals surface area contributed by atoms with Crippen LogP contribution in [0.3, 0.4) is 0 Å². The van der Waals surface area contributed by atoms with Gasteiger partial charge in [-0.2, -0.15) is 0 Å². The van der Waals surface area contributed by atoms with Gasteiger partial charge in [0.05, 0.1) is 6.26 Å². The maximum absolute atomic E-state index is 11.7. The van der Waals surface area contributed by atoms with Gasteiger partial charge >= 0.3 is 5.97 Å². The van der Waals surface area contributed by atoms with Crippen LogP contribution in [0.25, 0.3) is 0 Å². The number of esters is 1. The molecule has 0 amide bonds. The Kier molecular flexibility index (Phi) is 26.6. The zero-order valence-electron chi connectivity index (χ0n) is 21.6. The van der Waals surface area contributed by atoms with Crippen molar-refractivity contribution in [3.8, 4) is 0 Å². The summed E-state index contributed by atoms with van der Waals surface area (Å²) in [5, 5.41) is 0. The minimum atomic E-state index is -0.105.